The number of aryl methyl sites for hydroxylation is 1. The number of benzene rings is 1. The molecule has 1 N–H and O–H groups in total. The van der Waals surface area contributed by atoms with Crippen LogP contribution in [0, 0.1) is 5.82 Å². The van der Waals surface area contributed by atoms with E-state index in [9.17, 15) is 4.39 Å². The van der Waals surface area contributed by atoms with Crippen molar-refractivity contribution >= 4 is 17.3 Å². The first-order valence-electron chi connectivity index (χ1n) is 6.34. The highest BCUT2D eigenvalue weighted by Crippen LogP contribution is 2.23. The second-order valence-electron chi connectivity index (χ2n) is 4.62. The highest BCUT2D eigenvalue weighted by Gasteiger charge is 2.15. The summed E-state index contributed by atoms with van der Waals surface area (Å²) in [6.45, 7) is 1.51. The van der Waals surface area contributed by atoms with E-state index in [0.29, 0.717) is 17.3 Å². The maximum absolute atomic E-state index is 12.9. The Morgan fingerprint density at radius 1 is 1.32 bits per heavy atom. The molecule has 0 spiro atoms. The number of hydrogen-bond donors (Lipinski definition) is 1. The molecule has 6 heteroatoms. The van der Waals surface area contributed by atoms with Crippen molar-refractivity contribution in [2.75, 3.05) is 5.32 Å². The van der Waals surface area contributed by atoms with E-state index in [1.165, 1.54) is 18.6 Å². The van der Waals surface area contributed by atoms with E-state index in [4.69, 9.17) is 11.6 Å². The maximum atomic E-state index is 12.9. The summed E-state index contributed by atoms with van der Waals surface area (Å²) in [5, 5.41) is 11.9. The Morgan fingerprint density at radius 3 is 3.05 bits per heavy atom. The minimum Gasteiger partial charge on any atom is -0.377 e. The van der Waals surface area contributed by atoms with Crippen LogP contribution < -0.4 is 5.32 Å². The zero-order valence-corrected chi connectivity index (χ0v) is 11.1. The molecule has 100 valence electrons. The molecule has 0 atom stereocenters. The van der Waals surface area contributed by atoms with Gasteiger partial charge in [0.25, 0.3) is 0 Å². The fraction of sp³-hybridized carbons (Fsp3) is 0.385. The van der Waals surface area contributed by atoms with Gasteiger partial charge in [0.05, 0.1) is 17.3 Å². The van der Waals surface area contributed by atoms with Crippen molar-refractivity contribution in [3.05, 3.63) is 40.7 Å². The lowest BCUT2D eigenvalue weighted by atomic mass is 10.2. The Kier molecular flexibility index (Phi) is 3.38. The summed E-state index contributed by atoms with van der Waals surface area (Å²) in [7, 11) is 0. The summed E-state index contributed by atoms with van der Waals surface area (Å²) >= 11 is 5.97. The van der Waals surface area contributed by atoms with E-state index in [2.05, 4.69) is 20.1 Å². The summed E-state index contributed by atoms with van der Waals surface area (Å²) < 4.78 is 15.1. The quantitative estimate of drug-likeness (QED) is 0.940. The fourth-order valence-electron chi connectivity index (χ4n) is 2.31. The largest absolute Gasteiger partial charge is 0.377 e. The molecule has 0 saturated carbocycles. The van der Waals surface area contributed by atoms with Crippen LogP contribution in [0.15, 0.2) is 18.2 Å². The first-order valence-corrected chi connectivity index (χ1v) is 6.72. The molecule has 0 radical (unpaired) electrons. The Labute approximate surface area is 115 Å². The molecule has 0 bridgehead atoms. The number of halogens is 2. The summed E-state index contributed by atoms with van der Waals surface area (Å²) in [6.07, 6.45) is 3.33. The van der Waals surface area contributed by atoms with E-state index in [1.807, 2.05) is 0 Å². The third-order valence-corrected chi connectivity index (χ3v) is 3.62. The van der Waals surface area contributed by atoms with Crippen molar-refractivity contribution in [2.24, 2.45) is 0 Å². The fourth-order valence-corrected chi connectivity index (χ4v) is 2.54. The number of rotatable bonds is 3. The van der Waals surface area contributed by atoms with Gasteiger partial charge in [0.15, 0.2) is 5.82 Å². The Bertz CT molecular complexity index is 596. The van der Waals surface area contributed by atoms with Crippen molar-refractivity contribution in [2.45, 2.75) is 32.4 Å². The topological polar surface area (TPSA) is 42.7 Å². The van der Waals surface area contributed by atoms with Crippen LogP contribution in [0.25, 0.3) is 0 Å². The van der Waals surface area contributed by atoms with Crippen LogP contribution in [0.4, 0.5) is 10.1 Å². The van der Waals surface area contributed by atoms with Gasteiger partial charge in [-0.25, -0.2) is 4.39 Å². The molecular weight excluding hydrogens is 267 g/mol. The van der Waals surface area contributed by atoms with Crippen LogP contribution in [-0.2, 0) is 19.5 Å². The predicted molar refractivity (Wildman–Crippen MR) is 71.7 cm³/mol. The number of aromatic nitrogens is 3. The average Bonchev–Trinajstić information content (AvgIpc) is 2.81. The molecule has 1 aliphatic heterocycles. The van der Waals surface area contributed by atoms with Gasteiger partial charge in [0.1, 0.15) is 11.6 Å². The predicted octanol–water partition coefficient (Wildman–Crippen LogP) is 3.02. The lowest BCUT2D eigenvalue weighted by Gasteiger charge is -2.15. The van der Waals surface area contributed by atoms with Crippen molar-refractivity contribution in [1.29, 1.82) is 0 Å². The number of nitrogens with one attached hydrogen (secondary N) is 1. The molecule has 4 nitrogen and oxygen atoms in total. The maximum Gasteiger partial charge on any atom is 0.152 e. The summed E-state index contributed by atoms with van der Waals surface area (Å²) in [6, 6.07) is 4.31. The summed E-state index contributed by atoms with van der Waals surface area (Å²) in [5.41, 5.74) is 0.705. The smallest absolute Gasteiger partial charge is 0.152 e. The van der Waals surface area contributed by atoms with Crippen molar-refractivity contribution in [3.63, 3.8) is 0 Å². The van der Waals surface area contributed by atoms with Gasteiger partial charge < -0.3 is 9.88 Å². The second-order valence-corrected chi connectivity index (χ2v) is 5.03. The molecule has 1 aromatic carbocycles. The lowest BCUT2D eigenvalue weighted by Crippen LogP contribution is -2.15. The van der Waals surface area contributed by atoms with Crippen molar-refractivity contribution < 1.29 is 4.39 Å². The lowest BCUT2D eigenvalue weighted by molar-refractivity contribution is 0.510. The van der Waals surface area contributed by atoms with Gasteiger partial charge in [-0.3, -0.25) is 0 Å². The molecule has 0 fully saturated rings. The Hall–Kier alpha value is -1.62. The van der Waals surface area contributed by atoms with Gasteiger partial charge >= 0.3 is 0 Å². The van der Waals surface area contributed by atoms with Crippen LogP contribution in [0.2, 0.25) is 5.02 Å². The number of nitrogens with zero attached hydrogens (tertiary/aromatic N) is 3. The molecule has 1 aromatic heterocycles. The Balaban J connectivity index is 1.74. The Morgan fingerprint density at radius 2 is 2.21 bits per heavy atom. The molecule has 19 heavy (non-hydrogen) atoms. The number of anilines is 1. The summed E-state index contributed by atoms with van der Waals surface area (Å²) in [4.78, 5) is 0. The standard InChI is InChI=1S/C13H14ClFN4/c14-10-7-9(15)4-5-11(10)16-8-13-18-17-12-3-1-2-6-19(12)13/h4-5,7,16H,1-3,6,8H2. The van der Waals surface area contributed by atoms with Gasteiger partial charge in [-0.1, -0.05) is 11.6 Å². The first kappa shape index (κ1) is 12.4. The molecular formula is C13H14ClFN4. The molecule has 2 heterocycles. The highest BCUT2D eigenvalue weighted by atomic mass is 35.5. The SMILES string of the molecule is Fc1ccc(NCc2nnc3n2CCCC3)c(Cl)c1. The van der Waals surface area contributed by atoms with Crippen LogP contribution >= 0.6 is 11.6 Å². The summed E-state index contributed by atoms with van der Waals surface area (Å²) in [5.74, 6) is 1.61. The van der Waals surface area contributed by atoms with E-state index >= 15 is 0 Å². The normalized spacial score (nSPS) is 14.2. The molecule has 0 aliphatic carbocycles. The van der Waals surface area contributed by atoms with Crippen molar-refractivity contribution in [1.82, 2.24) is 14.8 Å². The molecule has 0 unspecified atom stereocenters. The second kappa shape index (κ2) is 5.17. The molecule has 0 saturated heterocycles. The third kappa shape index (κ3) is 2.56. The monoisotopic (exact) mass is 280 g/mol. The van der Waals surface area contributed by atoms with Crippen LogP contribution in [-0.4, -0.2) is 14.8 Å². The minimum atomic E-state index is -0.338. The van der Waals surface area contributed by atoms with E-state index in [-0.39, 0.29) is 5.82 Å². The first-order chi connectivity index (χ1) is 9.24. The van der Waals surface area contributed by atoms with E-state index < -0.39 is 0 Å². The van der Waals surface area contributed by atoms with E-state index in [1.54, 1.807) is 6.07 Å². The van der Waals surface area contributed by atoms with E-state index in [0.717, 1.165) is 31.0 Å². The third-order valence-electron chi connectivity index (χ3n) is 3.30. The molecule has 1 aliphatic rings. The van der Waals surface area contributed by atoms with Crippen LogP contribution in [0.3, 0.4) is 0 Å². The molecule has 2 aromatic rings. The van der Waals surface area contributed by atoms with Crippen LogP contribution in [0.1, 0.15) is 24.5 Å². The van der Waals surface area contributed by atoms with Gasteiger partial charge in [-0.05, 0) is 31.0 Å². The highest BCUT2D eigenvalue weighted by molar-refractivity contribution is 6.33. The van der Waals surface area contributed by atoms with Gasteiger partial charge in [0, 0.05) is 13.0 Å². The number of hydrogen-bond acceptors (Lipinski definition) is 3. The van der Waals surface area contributed by atoms with Gasteiger partial charge in [0.2, 0.25) is 0 Å². The van der Waals surface area contributed by atoms with Crippen LogP contribution in [0.5, 0.6) is 0 Å². The average molecular weight is 281 g/mol. The van der Waals surface area contributed by atoms with Gasteiger partial charge in [-0.2, -0.15) is 0 Å². The zero-order chi connectivity index (χ0) is 13.2. The minimum absolute atomic E-state index is 0.338. The molecule has 3 rings (SSSR count). The van der Waals surface area contributed by atoms with Crippen molar-refractivity contribution in [3.8, 4) is 0 Å². The zero-order valence-electron chi connectivity index (χ0n) is 10.4. The number of fused-ring (bicyclic) bond motifs is 1. The van der Waals surface area contributed by atoms with Gasteiger partial charge in [-0.15, -0.1) is 10.2 Å². The molecule has 0 amide bonds.